The van der Waals surface area contributed by atoms with Crippen LogP contribution in [0.3, 0.4) is 0 Å². The zero-order valence-electron chi connectivity index (χ0n) is 41.2. The lowest BCUT2D eigenvalue weighted by Gasteiger charge is -2.39. The second-order valence-corrected chi connectivity index (χ2v) is 17.9. The van der Waals surface area contributed by atoms with Gasteiger partial charge in [-0.25, -0.2) is 0 Å². The lowest BCUT2D eigenvalue weighted by molar-refractivity contribution is -0.305. The molecule has 10 heteroatoms. The molecule has 0 aromatic heterocycles. The molecule has 0 radical (unpaired) electrons. The number of rotatable bonds is 44. The van der Waals surface area contributed by atoms with E-state index in [-0.39, 0.29) is 32.0 Å². The first-order valence-corrected chi connectivity index (χ1v) is 26.4. The van der Waals surface area contributed by atoms with Crippen molar-refractivity contribution in [3.05, 3.63) is 60.8 Å². The third-order valence-electron chi connectivity index (χ3n) is 11.9. The monoisotopic (exact) mass is 917 g/mol. The number of esters is 2. The minimum atomic E-state index is -1.60. The maximum Gasteiger partial charge on any atom is 0.306 e. The molecule has 10 nitrogen and oxygen atoms in total. The largest absolute Gasteiger partial charge is 0.462 e. The van der Waals surface area contributed by atoms with Crippen LogP contribution in [0.15, 0.2) is 60.8 Å². The van der Waals surface area contributed by atoms with Gasteiger partial charge in [0.1, 0.15) is 31.0 Å². The zero-order chi connectivity index (χ0) is 47.3. The Balaban J connectivity index is 2.25. The third kappa shape index (κ3) is 36.2. The number of hydrogen-bond acceptors (Lipinski definition) is 10. The highest BCUT2D eigenvalue weighted by molar-refractivity contribution is 5.70. The summed E-state index contributed by atoms with van der Waals surface area (Å²) >= 11 is 0. The van der Waals surface area contributed by atoms with Gasteiger partial charge in [0.15, 0.2) is 12.4 Å². The van der Waals surface area contributed by atoms with Gasteiger partial charge in [-0.05, 0) is 77.0 Å². The Bertz CT molecular complexity index is 1240. The van der Waals surface area contributed by atoms with E-state index < -0.39 is 49.4 Å². The van der Waals surface area contributed by atoms with Crippen LogP contribution in [0, 0.1) is 0 Å². The molecule has 376 valence electrons. The average molecular weight is 917 g/mol. The van der Waals surface area contributed by atoms with Crippen molar-refractivity contribution in [1.82, 2.24) is 0 Å². The van der Waals surface area contributed by atoms with Crippen molar-refractivity contribution in [2.45, 2.75) is 256 Å². The topological polar surface area (TPSA) is 152 Å². The van der Waals surface area contributed by atoms with Crippen LogP contribution in [0.25, 0.3) is 0 Å². The molecular formula is C55H96O10. The highest BCUT2D eigenvalue weighted by Gasteiger charge is 2.44. The summed E-state index contributed by atoms with van der Waals surface area (Å²) in [7, 11) is 0. The van der Waals surface area contributed by atoms with E-state index in [1.54, 1.807) is 0 Å². The lowest BCUT2D eigenvalue weighted by Crippen LogP contribution is -2.59. The fourth-order valence-corrected chi connectivity index (χ4v) is 7.76. The van der Waals surface area contributed by atoms with E-state index in [4.69, 9.17) is 18.9 Å². The number of carbonyl (C=O) groups is 2. The Morgan fingerprint density at radius 3 is 1.38 bits per heavy atom. The highest BCUT2D eigenvalue weighted by atomic mass is 16.7. The number of allylic oxidation sites excluding steroid dienone is 10. The molecule has 0 saturated carbocycles. The SMILES string of the molecule is CC/C=C\C/C=C\C/C=C\C/C=C\CCCCCCC(=O)OC(COC(=O)CCCCCCCCCCCCC/C=C\CCCCCCCCCC)COC1OC(CO)C(O)C(O)C1O. The molecule has 4 N–H and O–H groups in total. The van der Waals surface area contributed by atoms with Gasteiger partial charge in [-0.15, -0.1) is 0 Å². The molecule has 6 atom stereocenters. The van der Waals surface area contributed by atoms with Crippen LogP contribution in [0.1, 0.15) is 219 Å². The van der Waals surface area contributed by atoms with Crippen molar-refractivity contribution in [1.29, 1.82) is 0 Å². The first-order valence-electron chi connectivity index (χ1n) is 26.4. The molecule has 0 spiro atoms. The summed E-state index contributed by atoms with van der Waals surface area (Å²) < 4.78 is 22.2. The predicted octanol–water partition coefficient (Wildman–Crippen LogP) is 12.6. The van der Waals surface area contributed by atoms with Gasteiger partial charge in [0.05, 0.1) is 13.2 Å². The minimum absolute atomic E-state index is 0.200. The molecule has 1 heterocycles. The molecule has 0 aliphatic carbocycles. The molecule has 0 aromatic carbocycles. The molecule has 6 unspecified atom stereocenters. The minimum Gasteiger partial charge on any atom is -0.462 e. The van der Waals surface area contributed by atoms with Gasteiger partial charge in [-0.1, -0.05) is 190 Å². The number of aliphatic hydroxyl groups is 4. The molecule has 0 bridgehead atoms. The Labute approximate surface area is 396 Å². The summed E-state index contributed by atoms with van der Waals surface area (Å²) in [4.78, 5) is 25.5. The van der Waals surface area contributed by atoms with Crippen molar-refractivity contribution in [2.75, 3.05) is 19.8 Å². The molecular weight excluding hydrogens is 821 g/mol. The summed E-state index contributed by atoms with van der Waals surface area (Å²) in [6.07, 6.45) is 49.5. The molecule has 1 rings (SSSR count). The van der Waals surface area contributed by atoms with E-state index in [0.717, 1.165) is 77.0 Å². The normalized spacial score (nSPS) is 19.8. The zero-order valence-corrected chi connectivity index (χ0v) is 41.2. The van der Waals surface area contributed by atoms with E-state index in [1.165, 1.54) is 109 Å². The van der Waals surface area contributed by atoms with Crippen molar-refractivity contribution in [2.24, 2.45) is 0 Å². The molecule has 65 heavy (non-hydrogen) atoms. The molecule has 0 amide bonds. The summed E-state index contributed by atoms with van der Waals surface area (Å²) in [5, 5.41) is 40.2. The Morgan fingerprint density at radius 1 is 0.492 bits per heavy atom. The first kappa shape index (κ1) is 60.4. The second kappa shape index (κ2) is 45.2. The van der Waals surface area contributed by atoms with E-state index in [1.807, 2.05) is 0 Å². The summed E-state index contributed by atoms with van der Waals surface area (Å²) in [5.74, 6) is -0.833. The van der Waals surface area contributed by atoms with Crippen LogP contribution in [-0.2, 0) is 28.5 Å². The van der Waals surface area contributed by atoms with Gasteiger partial charge in [0.25, 0.3) is 0 Å². The van der Waals surface area contributed by atoms with Crippen LogP contribution < -0.4 is 0 Å². The third-order valence-corrected chi connectivity index (χ3v) is 11.9. The standard InChI is InChI=1S/C55H96O10/c1-3-5-7-9-11-13-15-17-19-21-22-23-24-25-26-28-29-31-33-35-37-39-41-43-50(57)62-46-48(47-63-55-54(61)53(60)52(59)49(45-56)65-55)64-51(58)44-42-40-38-36-34-32-30-27-20-18-16-14-12-10-8-6-4-2/h6,8,12,14,18,20-22,30,32,48-49,52-56,59-61H,3-5,7,9-11,13,15-17,19,23-29,31,33-47H2,1-2H3/b8-6-,14-12-,20-18-,22-21-,32-30-. The van der Waals surface area contributed by atoms with Gasteiger partial charge >= 0.3 is 11.9 Å². The van der Waals surface area contributed by atoms with Gasteiger partial charge in [0, 0.05) is 12.8 Å². The number of carbonyl (C=O) groups excluding carboxylic acids is 2. The van der Waals surface area contributed by atoms with Crippen LogP contribution >= 0.6 is 0 Å². The number of unbranched alkanes of at least 4 members (excludes halogenated alkanes) is 23. The number of hydrogen-bond donors (Lipinski definition) is 4. The summed E-state index contributed by atoms with van der Waals surface area (Å²) in [5.41, 5.74) is 0. The van der Waals surface area contributed by atoms with E-state index in [0.29, 0.717) is 6.42 Å². The predicted molar refractivity (Wildman–Crippen MR) is 265 cm³/mol. The van der Waals surface area contributed by atoms with Gasteiger partial charge in [-0.2, -0.15) is 0 Å². The molecule has 1 aliphatic rings. The maximum absolute atomic E-state index is 12.8. The van der Waals surface area contributed by atoms with Crippen molar-refractivity contribution in [3.63, 3.8) is 0 Å². The van der Waals surface area contributed by atoms with E-state index in [9.17, 15) is 30.0 Å². The first-order chi connectivity index (χ1) is 31.8. The Kier molecular flexibility index (Phi) is 42.0. The molecule has 0 aromatic rings. The fourth-order valence-electron chi connectivity index (χ4n) is 7.76. The molecule has 1 fully saturated rings. The highest BCUT2D eigenvalue weighted by Crippen LogP contribution is 2.23. The number of ether oxygens (including phenoxy) is 4. The van der Waals surface area contributed by atoms with Crippen molar-refractivity contribution < 1.29 is 49.0 Å². The number of aliphatic hydroxyl groups excluding tert-OH is 4. The van der Waals surface area contributed by atoms with Crippen LogP contribution in [0.2, 0.25) is 0 Å². The van der Waals surface area contributed by atoms with E-state index >= 15 is 0 Å². The van der Waals surface area contributed by atoms with Crippen LogP contribution in [0.5, 0.6) is 0 Å². The Hall–Kier alpha value is -2.60. The smallest absolute Gasteiger partial charge is 0.306 e. The maximum atomic E-state index is 12.8. The molecule has 1 aliphatic heterocycles. The van der Waals surface area contributed by atoms with Crippen LogP contribution in [0.4, 0.5) is 0 Å². The van der Waals surface area contributed by atoms with Crippen molar-refractivity contribution >= 4 is 11.9 Å². The lowest BCUT2D eigenvalue weighted by atomic mass is 9.99. The summed E-state index contributed by atoms with van der Waals surface area (Å²) in [6, 6.07) is 0. The van der Waals surface area contributed by atoms with Gasteiger partial charge in [0.2, 0.25) is 0 Å². The van der Waals surface area contributed by atoms with Crippen molar-refractivity contribution in [3.8, 4) is 0 Å². The summed E-state index contributed by atoms with van der Waals surface area (Å²) in [6.45, 7) is 3.30. The second-order valence-electron chi connectivity index (χ2n) is 17.9. The Morgan fingerprint density at radius 2 is 0.908 bits per heavy atom. The quantitative estimate of drug-likeness (QED) is 0.0264. The molecule has 1 saturated heterocycles. The van der Waals surface area contributed by atoms with Crippen LogP contribution in [-0.4, -0.2) is 89.0 Å². The fraction of sp³-hybridized carbons (Fsp3) is 0.782. The average Bonchev–Trinajstić information content (AvgIpc) is 3.30. The van der Waals surface area contributed by atoms with E-state index in [2.05, 4.69) is 74.6 Å². The van der Waals surface area contributed by atoms with Gasteiger partial charge in [-0.3, -0.25) is 9.59 Å². The van der Waals surface area contributed by atoms with Gasteiger partial charge < -0.3 is 39.4 Å².